The third-order valence-electron chi connectivity index (χ3n) is 10.6. The predicted molar refractivity (Wildman–Crippen MR) is 222 cm³/mol. The highest BCUT2D eigenvalue weighted by Gasteiger charge is 2.20. The van der Waals surface area contributed by atoms with Crippen LogP contribution in [0.15, 0.2) is 197 Å². The highest BCUT2D eigenvalue weighted by Crippen LogP contribution is 2.45. The van der Waals surface area contributed by atoms with E-state index in [0.29, 0.717) is 0 Å². The Kier molecular flexibility index (Phi) is 6.55. The van der Waals surface area contributed by atoms with Gasteiger partial charge in [0.15, 0.2) is 0 Å². The molecule has 0 atom stereocenters. The van der Waals surface area contributed by atoms with Gasteiger partial charge in [-0.25, -0.2) is 0 Å². The van der Waals surface area contributed by atoms with Gasteiger partial charge in [0.2, 0.25) is 0 Å². The monoisotopic (exact) mass is 677 g/mol. The van der Waals surface area contributed by atoms with Crippen LogP contribution < -0.4 is 4.90 Å². The van der Waals surface area contributed by atoms with Gasteiger partial charge in [0, 0.05) is 27.5 Å². The van der Waals surface area contributed by atoms with Crippen LogP contribution in [0.25, 0.3) is 87.7 Å². The number of fused-ring (bicyclic) bond motifs is 9. The Bertz CT molecular complexity index is 3180. The number of hydrogen-bond acceptors (Lipinski definition) is 3. The van der Waals surface area contributed by atoms with Crippen molar-refractivity contribution in [1.82, 2.24) is 0 Å². The molecule has 3 heteroatoms. The minimum atomic E-state index is 0.861. The average Bonchev–Trinajstić information content (AvgIpc) is 3.80. The number of anilines is 3. The van der Waals surface area contributed by atoms with Gasteiger partial charge in [-0.3, -0.25) is 0 Å². The van der Waals surface area contributed by atoms with Crippen LogP contribution in [0.3, 0.4) is 0 Å². The van der Waals surface area contributed by atoms with E-state index in [1.54, 1.807) is 0 Å². The second-order valence-electron chi connectivity index (χ2n) is 13.7. The summed E-state index contributed by atoms with van der Waals surface area (Å²) in [5, 5.41) is 9.46. The maximum Gasteiger partial charge on any atom is 0.137 e. The lowest BCUT2D eigenvalue weighted by molar-refractivity contribution is 0.668. The van der Waals surface area contributed by atoms with Gasteiger partial charge in [-0.2, -0.15) is 0 Å². The fraction of sp³-hybridized carbons (Fsp3) is 0. The number of furan rings is 2. The lowest BCUT2D eigenvalue weighted by Crippen LogP contribution is -2.10. The van der Waals surface area contributed by atoms with Gasteiger partial charge in [-0.1, -0.05) is 121 Å². The Labute approximate surface area is 305 Å². The summed E-state index contributed by atoms with van der Waals surface area (Å²) in [7, 11) is 0. The van der Waals surface area contributed by atoms with Crippen LogP contribution in [-0.2, 0) is 0 Å². The smallest absolute Gasteiger partial charge is 0.137 e. The molecule has 0 fully saturated rings. The van der Waals surface area contributed by atoms with E-state index in [9.17, 15) is 0 Å². The number of benzene rings is 9. The van der Waals surface area contributed by atoms with E-state index in [4.69, 9.17) is 8.83 Å². The molecule has 0 radical (unpaired) electrons. The fourth-order valence-corrected chi connectivity index (χ4v) is 8.18. The van der Waals surface area contributed by atoms with Crippen molar-refractivity contribution in [2.45, 2.75) is 0 Å². The first-order chi connectivity index (χ1) is 26.3. The Morgan fingerprint density at radius 1 is 0.321 bits per heavy atom. The van der Waals surface area contributed by atoms with Crippen LogP contribution in [0.1, 0.15) is 0 Å². The van der Waals surface area contributed by atoms with Crippen molar-refractivity contribution in [3.63, 3.8) is 0 Å². The summed E-state index contributed by atoms with van der Waals surface area (Å²) in [4.78, 5) is 2.36. The number of para-hydroxylation sites is 2. The largest absolute Gasteiger partial charge is 0.456 e. The molecule has 11 rings (SSSR count). The van der Waals surface area contributed by atoms with Crippen molar-refractivity contribution in [1.29, 1.82) is 0 Å². The lowest BCUT2D eigenvalue weighted by Gasteiger charge is -2.27. The third kappa shape index (κ3) is 4.75. The molecule has 53 heavy (non-hydrogen) atoms. The topological polar surface area (TPSA) is 29.5 Å². The molecule has 0 aliphatic rings. The molecular formula is C50H31NO2. The van der Waals surface area contributed by atoms with E-state index in [1.807, 2.05) is 24.3 Å². The van der Waals surface area contributed by atoms with Crippen molar-refractivity contribution < 1.29 is 8.83 Å². The van der Waals surface area contributed by atoms with Gasteiger partial charge >= 0.3 is 0 Å². The van der Waals surface area contributed by atoms with Crippen LogP contribution in [-0.4, -0.2) is 0 Å². The SMILES string of the molecule is c1cc(-c2ccc3c(c2)oc2ccccc23)cc(N(c2ccc(-c3cc4ccccc4c4ccccc34)cc2)c2cccc3oc4ccccc4c23)c1. The van der Waals surface area contributed by atoms with Gasteiger partial charge in [-0.15, -0.1) is 0 Å². The van der Waals surface area contributed by atoms with Crippen molar-refractivity contribution in [3.8, 4) is 22.3 Å². The van der Waals surface area contributed by atoms with Crippen LogP contribution >= 0.6 is 0 Å². The molecule has 3 nitrogen and oxygen atoms in total. The second kappa shape index (κ2) is 11.7. The Balaban J connectivity index is 1.09. The first-order valence-electron chi connectivity index (χ1n) is 18.0. The molecule has 0 saturated carbocycles. The maximum absolute atomic E-state index is 6.39. The standard InChI is InChI=1S/C50H31NO2/c1-2-14-38-35(11-1)30-44(40-16-4-3-15-39(38)40)32-23-26-36(27-24-32)51(45-19-10-22-48-50(45)43-18-6-8-21-47(43)52-48)37-13-9-12-33(29-37)34-25-28-42-41-17-5-7-20-46(41)53-49(42)31-34/h1-31H. The zero-order valence-corrected chi connectivity index (χ0v) is 28.7. The molecule has 0 amide bonds. The number of hydrogen-bond donors (Lipinski definition) is 0. The van der Waals surface area contributed by atoms with Gasteiger partial charge < -0.3 is 13.7 Å². The van der Waals surface area contributed by atoms with E-state index in [2.05, 4.69) is 169 Å². The normalized spacial score (nSPS) is 11.8. The number of nitrogens with zero attached hydrogens (tertiary/aromatic N) is 1. The summed E-state index contributed by atoms with van der Waals surface area (Å²) >= 11 is 0. The molecule has 0 aliphatic heterocycles. The van der Waals surface area contributed by atoms with E-state index in [1.165, 1.54) is 32.7 Å². The highest BCUT2D eigenvalue weighted by atomic mass is 16.3. The molecule has 0 spiro atoms. The average molecular weight is 678 g/mol. The summed E-state index contributed by atoms with van der Waals surface area (Å²) < 4.78 is 12.7. The molecular weight excluding hydrogens is 647 g/mol. The second-order valence-corrected chi connectivity index (χ2v) is 13.7. The minimum Gasteiger partial charge on any atom is -0.456 e. The van der Waals surface area contributed by atoms with Crippen molar-refractivity contribution in [2.24, 2.45) is 0 Å². The Morgan fingerprint density at radius 3 is 1.77 bits per heavy atom. The first kappa shape index (κ1) is 29.6. The highest BCUT2D eigenvalue weighted by molar-refractivity contribution is 6.15. The Morgan fingerprint density at radius 2 is 0.925 bits per heavy atom. The van der Waals surface area contributed by atoms with Gasteiger partial charge in [0.25, 0.3) is 0 Å². The van der Waals surface area contributed by atoms with Crippen LogP contribution in [0.4, 0.5) is 17.1 Å². The van der Waals surface area contributed by atoms with Crippen LogP contribution in [0.2, 0.25) is 0 Å². The lowest BCUT2D eigenvalue weighted by atomic mass is 9.93. The zero-order valence-electron chi connectivity index (χ0n) is 28.7. The van der Waals surface area contributed by atoms with Crippen LogP contribution in [0.5, 0.6) is 0 Å². The van der Waals surface area contributed by atoms with Gasteiger partial charge in [-0.05, 0) is 111 Å². The van der Waals surface area contributed by atoms with Crippen molar-refractivity contribution in [2.75, 3.05) is 4.90 Å². The minimum absolute atomic E-state index is 0.861. The molecule has 0 saturated heterocycles. The molecule has 9 aromatic carbocycles. The maximum atomic E-state index is 6.39. The third-order valence-corrected chi connectivity index (χ3v) is 10.6. The number of rotatable bonds is 5. The van der Waals surface area contributed by atoms with Gasteiger partial charge in [0.05, 0.1) is 11.1 Å². The molecule has 0 bridgehead atoms. The summed E-state index contributed by atoms with van der Waals surface area (Å²) in [6.45, 7) is 0. The van der Waals surface area contributed by atoms with E-state index < -0.39 is 0 Å². The summed E-state index contributed by atoms with van der Waals surface area (Å²) in [6.07, 6.45) is 0. The predicted octanol–water partition coefficient (Wildman–Crippen LogP) is 14.6. The van der Waals surface area contributed by atoms with E-state index >= 15 is 0 Å². The fourth-order valence-electron chi connectivity index (χ4n) is 8.18. The molecule has 11 aromatic rings. The molecule has 248 valence electrons. The molecule has 0 aliphatic carbocycles. The summed E-state index contributed by atoms with van der Waals surface area (Å²) in [5.74, 6) is 0. The van der Waals surface area contributed by atoms with E-state index in [-0.39, 0.29) is 0 Å². The van der Waals surface area contributed by atoms with E-state index in [0.717, 1.165) is 72.1 Å². The first-order valence-corrected chi connectivity index (χ1v) is 18.0. The Hall–Kier alpha value is -7.10. The quantitative estimate of drug-likeness (QED) is 0.170. The van der Waals surface area contributed by atoms with Gasteiger partial charge in [0.1, 0.15) is 22.3 Å². The van der Waals surface area contributed by atoms with Crippen molar-refractivity contribution >= 4 is 82.5 Å². The molecule has 2 aromatic heterocycles. The van der Waals surface area contributed by atoms with Crippen LogP contribution in [0, 0.1) is 0 Å². The summed E-state index contributed by atoms with van der Waals surface area (Å²) in [5.41, 5.74) is 11.3. The summed E-state index contributed by atoms with van der Waals surface area (Å²) in [6, 6.07) is 66.9. The molecule has 2 heterocycles. The molecule has 0 unspecified atom stereocenters. The zero-order chi connectivity index (χ0) is 34.9. The van der Waals surface area contributed by atoms with Crippen molar-refractivity contribution in [3.05, 3.63) is 188 Å². The molecule has 0 N–H and O–H groups in total.